The molecule has 0 saturated heterocycles. The highest BCUT2D eigenvalue weighted by Crippen LogP contribution is 2.68. The molecule has 35 heavy (non-hydrogen) atoms. The Balaban J connectivity index is 1.64. The summed E-state index contributed by atoms with van der Waals surface area (Å²) in [7, 11) is 0. The molecule has 0 spiro atoms. The van der Waals surface area contributed by atoms with E-state index in [4.69, 9.17) is 0 Å². The quantitative estimate of drug-likeness (QED) is 0.285. The zero-order valence-electron chi connectivity index (χ0n) is 21.4. The topological polar surface area (TPSA) is 159 Å². The van der Waals surface area contributed by atoms with Crippen LogP contribution < -0.4 is 0 Å². The molecule has 0 heterocycles. The van der Waals surface area contributed by atoms with E-state index in [1.165, 1.54) is 6.92 Å². The first-order valence-corrected chi connectivity index (χ1v) is 13.1. The van der Waals surface area contributed by atoms with Crippen LogP contribution in [0.15, 0.2) is 11.6 Å². The van der Waals surface area contributed by atoms with Crippen molar-refractivity contribution in [2.75, 3.05) is 6.61 Å². The lowest BCUT2D eigenvalue weighted by Gasteiger charge is -2.60. The van der Waals surface area contributed by atoms with Crippen LogP contribution in [0.1, 0.15) is 79.1 Å². The van der Waals surface area contributed by atoms with Crippen LogP contribution in [0, 0.1) is 28.6 Å². The highest BCUT2D eigenvalue weighted by Gasteiger charge is 2.69. The van der Waals surface area contributed by atoms with Crippen molar-refractivity contribution in [2.24, 2.45) is 28.6 Å². The van der Waals surface area contributed by atoms with Crippen molar-refractivity contribution in [1.29, 1.82) is 0 Å². The second-order valence-electron chi connectivity index (χ2n) is 13.0. The lowest BCUT2D eigenvalue weighted by molar-refractivity contribution is -0.177. The Morgan fingerprint density at radius 2 is 1.74 bits per heavy atom. The summed E-state index contributed by atoms with van der Waals surface area (Å²) in [5.41, 5.74) is -4.90. The molecule has 11 atom stereocenters. The molecule has 0 bridgehead atoms. The van der Waals surface area contributed by atoms with E-state index in [1.54, 1.807) is 13.0 Å². The Hall–Kier alpha value is -0.870. The van der Waals surface area contributed by atoms with E-state index in [1.807, 2.05) is 13.8 Å². The lowest BCUT2D eigenvalue weighted by atomic mass is 9.45. The third-order valence-electron chi connectivity index (χ3n) is 10.8. The predicted molar refractivity (Wildman–Crippen MR) is 128 cm³/mol. The fraction of sp³-hybridized carbons (Fsp3) is 0.889. The van der Waals surface area contributed by atoms with Gasteiger partial charge in [-0.2, -0.15) is 0 Å². The summed E-state index contributed by atoms with van der Waals surface area (Å²) in [5, 5.41) is 74.9. The number of carbonyl (C=O) groups is 1. The molecule has 0 aromatic heterocycles. The first-order chi connectivity index (χ1) is 16.0. The summed E-state index contributed by atoms with van der Waals surface area (Å²) in [6.07, 6.45) is 1.37. The molecule has 0 aromatic rings. The van der Waals surface area contributed by atoms with Crippen LogP contribution in [0.5, 0.6) is 0 Å². The fourth-order valence-electron chi connectivity index (χ4n) is 8.36. The van der Waals surface area contributed by atoms with Gasteiger partial charge in [0, 0.05) is 11.3 Å². The van der Waals surface area contributed by atoms with Gasteiger partial charge in [-0.25, -0.2) is 0 Å². The molecule has 0 amide bonds. The maximum absolute atomic E-state index is 13.3. The lowest BCUT2D eigenvalue weighted by Crippen LogP contribution is -2.62. The first kappa shape index (κ1) is 27.2. The Labute approximate surface area is 207 Å². The van der Waals surface area contributed by atoms with Gasteiger partial charge in [0.2, 0.25) is 0 Å². The summed E-state index contributed by atoms with van der Waals surface area (Å²) >= 11 is 0. The number of fused-ring (bicyclic) bond motifs is 5. The SMILES string of the molecule is C[C@@](O)(CO)CC[C@@H](O)[C@@](C)(O)[C@H]1CC[C@@]2(O)C3=CC(=O)[C@H]4C[C@@H](O)[C@@H](O)C[C@]4(C)[C@@H]3CC[C@]12C. The first-order valence-electron chi connectivity index (χ1n) is 13.1. The monoisotopic (exact) mass is 496 g/mol. The van der Waals surface area contributed by atoms with Crippen molar-refractivity contribution >= 4 is 5.78 Å². The Morgan fingerprint density at radius 1 is 1.09 bits per heavy atom. The highest BCUT2D eigenvalue weighted by molar-refractivity contribution is 5.95. The van der Waals surface area contributed by atoms with Gasteiger partial charge in [0.15, 0.2) is 5.78 Å². The van der Waals surface area contributed by atoms with E-state index >= 15 is 0 Å². The number of aliphatic hydroxyl groups is 7. The molecule has 7 N–H and O–H groups in total. The zero-order valence-corrected chi connectivity index (χ0v) is 21.4. The summed E-state index contributed by atoms with van der Waals surface area (Å²) in [6, 6.07) is 0. The van der Waals surface area contributed by atoms with Crippen molar-refractivity contribution in [3.05, 3.63) is 11.6 Å². The van der Waals surface area contributed by atoms with Gasteiger partial charge in [-0.05, 0) is 94.1 Å². The molecule has 0 aromatic carbocycles. The van der Waals surface area contributed by atoms with Gasteiger partial charge >= 0.3 is 0 Å². The standard InChI is InChI=1S/C27H44O8/c1-23(33,14-28)8-7-22(32)26(4,34)21-6-10-27(35)16-11-18(29)17-12-19(30)20(31)13-24(17,2)15(16)5-9-25(21,27)3/h11,15,17,19-22,28,30-35H,5-10,12-14H2,1-4H3/t15-,17-,19-,20+,21+,22-,23+,24-,25-,26+,27-/m1/s1. The van der Waals surface area contributed by atoms with E-state index in [0.29, 0.717) is 37.7 Å². The number of hydrogen-bond acceptors (Lipinski definition) is 8. The smallest absolute Gasteiger partial charge is 0.159 e. The molecule has 4 aliphatic carbocycles. The van der Waals surface area contributed by atoms with E-state index in [2.05, 4.69) is 0 Å². The van der Waals surface area contributed by atoms with Crippen molar-refractivity contribution in [3.63, 3.8) is 0 Å². The van der Waals surface area contributed by atoms with E-state index in [9.17, 15) is 40.5 Å². The van der Waals surface area contributed by atoms with E-state index in [-0.39, 0.29) is 31.0 Å². The summed E-state index contributed by atoms with van der Waals surface area (Å²) in [6.45, 7) is 6.54. The van der Waals surface area contributed by atoms with Gasteiger partial charge in [0.1, 0.15) is 0 Å². The molecular weight excluding hydrogens is 452 g/mol. The molecule has 0 radical (unpaired) electrons. The number of rotatable bonds is 6. The van der Waals surface area contributed by atoms with Gasteiger partial charge in [-0.15, -0.1) is 0 Å². The number of ketones is 1. The average molecular weight is 497 g/mol. The van der Waals surface area contributed by atoms with Gasteiger partial charge in [0.25, 0.3) is 0 Å². The van der Waals surface area contributed by atoms with Crippen LogP contribution in [0.25, 0.3) is 0 Å². The average Bonchev–Trinajstić information content (AvgIpc) is 3.06. The van der Waals surface area contributed by atoms with Crippen LogP contribution in [0.3, 0.4) is 0 Å². The molecule has 4 rings (SSSR count). The Kier molecular flexibility index (Phi) is 6.66. The van der Waals surface area contributed by atoms with Gasteiger partial charge in [0.05, 0.1) is 41.7 Å². The van der Waals surface area contributed by atoms with Crippen LogP contribution >= 0.6 is 0 Å². The van der Waals surface area contributed by atoms with Crippen LogP contribution in [0.4, 0.5) is 0 Å². The molecule has 0 unspecified atom stereocenters. The van der Waals surface area contributed by atoms with Crippen molar-refractivity contribution in [2.45, 2.75) is 114 Å². The molecule has 0 aliphatic heterocycles. The maximum Gasteiger partial charge on any atom is 0.159 e. The molecule has 8 nitrogen and oxygen atoms in total. The molecule has 4 aliphatic rings. The van der Waals surface area contributed by atoms with Gasteiger partial charge in [-0.3, -0.25) is 4.79 Å². The third kappa shape index (κ3) is 3.95. The van der Waals surface area contributed by atoms with Crippen LogP contribution in [-0.2, 0) is 4.79 Å². The molecule has 8 heteroatoms. The van der Waals surface area contributed by atoms with Gasteiger partial charge < -0.3 is 35.7 Å². The number of aliphatic hydroxyl groups excluding tert-OH is 4. The zero-order chi connectivity index (χ0) is 26.2. The molecule has 3 saturated carbocycles. The molecular formula is C27H44O8. The van der Waals surface area contributed by atoms with Crippen molar-refractivity contribution in [1.82, 2.24) is 0 Å². The predicted octanol–water partition coefficient (Wildman–Crippen LogP) is 0.826. The maximum atomic E-state index is 13.3. The van der Waals surface area contributed by atoms with Gasteiger partial charge in [-0.1, -0.05) is 13.8 Å². The minimum atomic E-state index is -1.55. The van der Waals surface area contributed by atoms with E-state index < -0.39 is 64.4 Å². The Bertz CT molecular complexity index is 882. The minimum Gasteiger partial charge on any atom is -0.393 e. The number of allylic oxidation sites excluding steroid dienone is 1. The Morgan fingerprint density at radius 3 is 2.37 bits per heavy atom. The third-order valence-corrected chi connectivity index (χ3v) is 10.8. The van der Waals surface area contributed by atoms with Crippen LogP contribution in [0.2, 0.25) is 0 Å². The van der Waals surface area contributed by atoms with Crippen molar-refractivity contribution < 1.29 is 40.5 Å². The largest absolute Gasteiger partial charge is 0.393 e. The fourth-order valence-corrected chi connectivity index (χ4v) is 8.36. The molecule has 200 valence electrons. The van der Waals surface area contributed by atoms with E-state index in [0.717, 1.165) is 0 Å². The highest BCUT2D eigenvalue weighted by atomic mass is 16.3. The summed E-state index contributed by atoms with van der Waals surface area (Å²) in [4.78, 5) is 13.3. The molecule has 3 fully saturated rings. The second kappa shape index (κ2) is 8.58. The second-order valence-corrected chi connectivity index (χ2v) is 13.0. The normalized spacial score (nSPS) is 47.6. The summed E-state index contributed by atoms with van der Waals surface area (Å²) in [5.74, 6) is -1.08. The number of hydrogen-bond donors (Lipinski definition) is 7. The van der Waals surface area contributed by atoms with Crippen LogP contribution in [-0.4, -0.2) is 83.3 Å². The summed E-state index contributed by atoms with van der Waals surface area (Å²) < 4.78 is 0. The minimum absolute atomic E-state index is 0.0926. The van der Waals surface area contributed by atoms with Crippen molar-refractivity contribution in [3.8, 4) is 0 Å². The number of carbonyl (C=O) groups excluding carboxylic acids is 1.